The summed E-state index contributed by atoms with van der Waals surface area (Å²) in [7, 11) is 1.41. The van der Waals surface area contributed by atoms with Gasteiger partial charge in [0.15, 0.2) is 0 Å². The van der Waals surface area contributed by atoms with E-state index in [-0.39, 0.29) is 17.0 Å². The van der Waals surface area contributed by atoms with Crippen LogP contribution in [0.2, 0.25) is 0 Å². The third-order valence-electron chi connectivity index (χ3n) is 2.45. The second kappa shape index (κ2) is 5.34. The Hall–Kier alpha value is -2.63. The number of carbonyl (C=O) groups is 1. The van der Waals surface area contributed by atoms with Crippen LogP contribution in [0.5, 0.6) is 11.5 Å². The molecule has 1 heterocycles. The van der Waals surface area contributed by atoms with Crippen LogP contribution in [0.4, 0.5) is 10.1 Å². The van der Waals surface area contributed by atoms with Crippen molar-refractivity contribution in [2.24, 2.45) is 0 Å². The number of methoxy groups -OCH3 is 1. The monoisotopic (exact) mass is 262 g/mol. The van der Waals surface area contributed by atoms with E-state index in [0.29, 0.717) is 5.75 Å². The number of aromatic hydroxyl groups is 1. The number of rotatable bonds is 3. The topological polar surface area (TPSA) is 71.5 Å². The highest BCUT2D eigenvalue weighted by molar-refractivity contribution is 6.06. The first-order valence-corrected chi connectivity index (χ1v) is 5.39. The molecule has 0 saturated carbocycles. The van der Waals surface area contributed by atoms with Crippen molar-refractivity contribution in [3.05, 3.63) is 48.0 Å². The Bertz CT molecular complexity index is 617. The molecule has 2 aromatic rings. The molecule has 0 fully saturated rings. The highest BCUT2D eigenvalue weighted by Crippen LogP contribution is 2.22. The molecule has 0 unspecified atom stereocenters. The molecule has 19 heavy (non-hydrogen) atoms. The summed E-state index contributed by atoms with van der Waals surface area (Å²) >= 11 is 0. The first-order chi connectivity index (χ1) is 9.11. The fraction of sp³-hybridized carbons (Fsp3) is 0.0769. The fourth-order valence-corrected chi connectivity index (χ4v) is 1.53. The molecule has 6 heteroatoms. The lowest BCUT2D eigenvalue weighted by Crippen LogP contribution is -2.14. The Labute approximate surface area is 108 Å². The zero-order chi connectivity index (χ0) is 13.8. The summed E-state index contributed by atoms with van der Waals surface area (Å²) in [5, 5.41) is 11.5. The minimum Gasteiger partial charge on any atom is -0.508 e. The molecule has 1 amide bonds. The van der Waals surface area contributed by atoms with Gasteiger partial charge in [0.2, 0.25) is 0 Å². The van der Waals surface area contributed by atoms with Crippen molar-refractivity contribution < 1.29 is 19.0 Å². The molecule has 2 N–H and O–H groups in total. The number of carbonyl (C=O) groups excluding carboxylic acids is 1. The average molecular weight is 262 g/mol. The van der Waals surface area contributed by atoms with Gasteiger partial charge in [0, 0.05) is 12.3 Å². The van der Waals surface area contributed by atoms with Crippen molar-refractivity contribution >= 4 is 11.6 Å². The van der Waals surface area contributed by atoms with E-state index in [4.69, 9.17) is 9.84 Å². The van der Waals surface area contributed by atoms with Crippen molar-refractivity contribution in [3.8, 4) is 11.5 Å². The van der Waals surface area contributed by atoms with Crippen LogP contribution in [-0.4, -0.2) is 23.1 Å². The highest BCUT2D eigenvalue weighted by Gasteiger charge is 2.14. The summed E-state index contributed by atoms with van der Waals surface area (Å²) in [6.45, 7) is 0. The van der Waals surface area contributed by atoms with Gasteiger partial charge in [-0.2, -0.15) is 0 Å². The number of hydrogen-bond acceptors (Lipinski definition) is 4. The van der Waals surface area contributed by atoms with Crippen molar-refractivity contribution in [1.29, 1.82) is 0 Å². The van der Waals surface area contributed by atoms with Crippen LogP contribution in [0.3, 0.4) is 0 Å². The number of pyridine rings is 1. The van der Waals surface area contributed by atoms with E-state index in [1.54, 1.807) is 0 Å². The van der Waals surface area contributed by atoms with Crippen LogP contribution >= 0.6 is 0 Å². The van der Waals surface area contributed by atoms with Gasteiger partial charge in [-0.05, 0) is 18.2 Å². The second-order valence-corrected chi connectivity index (χ2v) is 3.69. The molecule has 5 nitrogen and oxygen atoms in total. The van der Waals surface area contributed by atoms with Gasteiger partial charge in [0.25, 0.3) is 5.91 Å². The number of phenols is 1. The first kappa shape index (κ1) is 12.8. The number of hydrogen-bond donors (Lipinski definition) is 2. The van der Waals surface area contributed by atoms with Gasteiger partial charge in [-0.15, -0.1) is 0 Å². The molecule has 1 aromatic heterocycles. The Morgan fingerprint density at radius 2 is 2.21 bits per heavy atom. The fourth-order valence-electron chi connectivity index (χ4n) is 1.53. The Kier molecular flexibility index (Phi) is 3.61. The van der Waals surface area contributed by atoms with E-state index in [9.17, 15) is 9.18 Å². The normalized spacial score (nSPS) is 10.0. The van der Waals surface area contributed by atoms with Crippen LogP contribution in [-0.2, 0) is 0 Å². The predicted octanol–water partition coefficient (Wildman–Crippen LogP) is 2.19. The summed E-state index contributed by atoms with van der Waals surface area (Å²) in [6, 6.07) is 4.94. The van der Waals surface area contributed by atoms with Gasteiger partial charge in [-0.3, -0.25) is 9.78 Å². The van der Waals surface area contributed by atoms with Crippen LogP contribution in [0.15, 0.2) is 36.7 Å². The largest absolute Gasteiger partial charge is 0.508 e. The molecule has 0 spiro atoms. The standard InChI is InChI=1S/C13H11FN2O3/c1-19-12-7-15-5-4-9(12)13(18)16-11-3-2-8(17)6-10(11)14/h2-7,17H,1H3,(H,16,18). The van der Waals surface area contributed by atoms with E-state index in [2.05, 4.69) is 10.3 Å². The van der Waals surface area contributed by atoms with Crippen LogP contribution < -0.4 is 10.1 Å². The average Bonchev–Trinajstić information content (AvgIpc) is 2.41. The van der Waals surface area contributed by atoms with E-state index in [0.717, 1.165) is 6.07 Å². The molecule has 0 aliphatic rings. The molecule has 1 aromatic carbocycles. The predicted molar refractivity (Wildman–Crippen MR) is 66.8 cm³/mol. The lowest BCUT2D eigenvalue weighted by Gasteiger charge is -2.09. The number of amides is 1. The van der Waals surface area contributed by atoms with Crippen molar-refractivity contribution in [2.75, 3.05) is 12.4 Å². The van der Waals surface area contributed by atoms with E-state index in [1.807, 2.05) is 0 Å². The molecule has 0 bridgehead atoms. The lowest BCUT2D eigenvalue weighted by atomic mass is 10.2. The maximum absolute atomic E-state index is 13.5. The van der Waals surface area contributed by atoms with Gasteiger partial charge < -0.3 is 15.2 Å². The number of halogens is 1. The van der Waals surface area contributed by atoms with Gasteiger partial charge in [0.1, 0.15) is 17.3 Å². The summed E-state index contributed by atoms with van der Waals surface area (Å²) in [6.07, 6.45) is 2.83. The molecule has 98 valence electrons. The molecule has 0 aliphatic carbocycles. The highest BCUT2D eigenvalue weighted by atomic mass is 19.1. The quantitative estimate of drug-likeness (QED) is 0.832. The summed E-state index contributed by atoms with van der Waals surface area (Å²) < 4.78 is 18.5. The zero-order valence-corrected chi connectivity index (χ0v) is 10.1. The number of ether oxygens (including phenoxy) is 1. The van der Waals surface area contributed by atoms with Crippen LogP contribution in [0, 0.1) is 5.82 Å². The maximum atomic E-state index is 13.5. The van der Waals surface area contributed by atoms with Gasteiger partial charge in [-0.1, -0.05) is 0 Å². The summed E-state index contributed by atoms with van der Waals surface area (Å²) in [4.78, 5) is 15.8. The van der Waals surface area contributed by atoms with Crippen LogP contribution in [0.25, 0.3) is 0 Å². The van der Waals surface area contributed by atoms with E-state index < -0.39 is 11.7 Å². The van der Waals surface area contributed by atoms with Gasteiger partial charge in [0.05, 0.1) is 24.6 Å². The van der Waals surface area contributed by atoms with Crippen LogP contribution in [0.1, 0.15) is 10.4 Å². The summed E-state index contributed by atoms with van der Waals surface area (Å²) in [5.41, 5.74) is 0.214. The lowest BCUT2D eigenvalue weighted by molar-refractivity contribution is 0.102. The molecule has 2 rings (SSSR count). The minimum absolute atomic E-state index is 0.0262. The Morgan fingerprint density at radius 3 is 2.89 bits per heavy atom. The van der Waals surface area contributed by atoms with E-state index >= 15 is 0 Å². The number of phenolic OH excluding ortho intramolecular Hbond substituents is 1. The van der Waals surface area contributed by atoms with Gasteiger partial charge in [-0.25, -0.2) is 4.39 Å². The molecular formula is C13H11FN2O3. The SMILES string of the molecule is COc1cnccc1C(=O)Nc1ccc(O)cc1F. The van der Waals surface area contributed by atoms with Crippen molar-refractivity contribution in [1.82, 2.24) is 4.98 Å². The number of benzene rings is 1. The van der Waals surface area contributed by atoms with Crippen molar-refractivity contribution in [3.63, 3.8) is 0 Å². The molecule has 0 radical (unpaired) electrons. The number of nitrogens with zero attached hydrogens (tertiary/aromatic N) is 1. The Morgan fingerprint density at radius 1 is 1.42 bits per heavy atom. The number of aromatic nitrogens is 1. The second-order valence-electron chi connectivity index (χ2n) is 3.69. The van der Waals surface area contributed by atoms with Crippen molar-refractivity contribution in [2.45, 2.75) is 0 Å². The number of nitrogens with one attached hydrogen (secondary N) is 1. The molecule has 0 saturated heterocycles. The summed E-state index contributed by atoms with van der Waals surface area (Å²) in [5.74, 6) is -1.17. The first-order valence-electron chi connectivity index (χ1n) is 5.39. The number of anilines is 1. The zero-order valence-electron chi connectivity index (χ0n) is 10.1. The Balaban J connectivity index is 2.26. The third kappa shape index (κ3) is 2.79. The van der Waals surface area contributed by atoms with E-state index in [1.165, 1.54) is 37.7 Å². The van der Waals surface area contributed by atoms with Gasteiger partial charge >= 0.3 is 0 Å². The molecule has 0 atom stereocenters. The minimum atomic E-state index is -0.721. The third-order valence-corrected chi connectivity index (χ3v) is 2.45. The molecular weight excluding hydrogens is 251 g/mol. The smallest absolute Gasteiger partial charge is 0.259 e. The molecule has 0 aliphatic heterocycles. The maximum Gasteiger partial charge on any atom is 0.259 e.